The first-order valence-corrected chi connectivity index (χ1v) is 6.71. The van der Waals surface area contributed by atoms with Crippen LogP contribution in [-0.4, -0.2) is 17.3 Å². The van der Waals surface area contributed by atoms with E-state index in [0.29, 0.717) is 0 Å². The first-order chi connectivity index (χ1) is 9.72. The van der Waals surface area contributed by atoms with E-state index in [4.69, 9.17) is 4.74 Å². The quantitative estimate of drug-likeness (QED) is 0.850. The number of nitrogens with zero attached hydrogens (tertiary/aromatic N) is 1. The summed E-state index contributed by atoms with van der Waals surface area (Å²) in [6.07, 6.45) is 3.81. The van der Waals surface area contributed by atoms with Gasteiger partial charge in [-0.1, -0.05) is 24.3 Å². The molecule has 0 spiro atoms. The molecule has 0 amide bonds. The van der Waals surface area contributed by atoms with Crippen molar-refractivity contribution in [2.24, 2.45) is 0 Å². The lowest BCUT2D eigenvalue weighted by atomic mass is 9.95. The van der Waals surface area contributed by atoms with Gasteiger partial charge in [-0.2, -0.15) is 0 Å². The molecule has 102 valence electrons. The molecule has 0 radical (unpaired) electrons. The van der Waals surface area contributed by atoms with Crippen LogP contribution in [0.15, 0.2) is 54.2 Å². The van der Waals surface area contributed by atoms with Crippen molar-refractivity contribution in [1.29, 1.82) is 0 Å². The van der Waals surface area contributed by atoms with Crippen molar-refractivity contribution in [3.63, 3.8) is 0 Å². The smallest absolute Gasteiger partial charge is 0.128 e. The lowest BCUT2D eigenvalue weighted by molar-refractivity contribution is -0.0304. The summed E-state index contributed by atoms with van der Waals surface area (Å²) in [7, 11) is 1.65. The molecular weight excluding hydrogens is 250 g/mol. The molecule has 2 aromatic rings. The van der Waals surface area contributed by atoms with E-state index in [0.717, 1.165) is 35.6 Å². The fourth-order valence-corrected chi connectivity index (χ4v) is 2.39. The molecule has 3 nitrogen and oxygen atoms in total. The third-order valence-electron chi connectivity index (χ3n) is 3.48. The first kappa shape index (κ1) is 12.8. The van der Waals surface area contributed by atoms with Crippen LogP contribution in [0.3, 0.4) is 0 Å². The summed E-state index contributed by atoms with van der Waals surface area (Å²) in [5.41, 5.74) is 3.32. The Morgan fingerprint density at radius 2 is 1.80 bits per heavy atom. The Hall–Kier alpha value is -2.26. The normalized spacial score (nSPS) is 13.4. The predicted molar refractivity (Wildman–Crippen MR) is 78.8 cm³/mol. The highest BCUT2D eigenvalue weighted by molar-refractivity contribution is 5.61. The zero-order valence-corrected chi connectivity index (χ0v) is 11.4. The van der Waals surface area contributed by atoms with Gasteiger partial charge in [0.2, 0.25) is 0 Å². The second-order valence-electron chi connectivity index (χ2n) is 4.94. The van der Waals surface area contributed by atoms with Gasteiger partial charge in [-0.05, 0) is 54.3 Å². The Balaban J connectivity index is 1.88. The third kappa shape index (κ3) is 2.68. The monoisotopic (exact) mass is 267 g/mol. The van der Waals surface area contributed by atoms with E-state index in [1.807, 2.05) is 48.5 Å². The minimum Gasteiger partial charge on any atom is -0.457 e. The number of benzene rings is 2. The number of fused-ring (bicyclic) bond motifs is 1. The Kier molecular flexibility index (Phi) is 3.44. The molecule has 0 saturated carbocycles. The largest absolute Gasteiger partial charge is 0.457 e. The topological polar surface area (TPSA) is 32.7 Å². The van der Waals surface area contributed by atoms with Crippen LogP contribution >= 0.6 is 0 Å². The zero-order valence-electron chi connectivity index (χ0n) is 11.4. The summed E-state index contributed by atoms with van der Waals surface area (Å²) in [6.45, 7) is 0. The SMILES string of the molecule is CN(O)C1=Cc2cc(Oc3ccccc3)ccc2CC1. The fraction of sp³-hybridized carbons (Fsp3) is 0.176. The Labute approximate surface area is 118 Å². The molecule has 1 aliphatic carbocycles. The molecule has 20 heavy (non-hydrogen) atoms. The Morgan fingerprint density at radius 3 is 2.55 bits per heavy atom. The molecule has 0 bridgehead atoms. The van der Waals surface area contributed by atoms with Gasteiger partial charge in [-0.3, -0.25) is 10.3 Å². The van der Waals surface area contributed by atoms with Crippen LogP contribution in [0.1, 0.15) is 17.5 Å². The maximum Gasteiger partial charge on any atom is 0.128 e. The minimum absolute atomic E-state index is 0.813. The van der Waals surface area contributed by atoms with Crippen molar-refractivity contribution < 1.29 is 9.94 Å². The fourth-order valence-electron chi connectivity index (χ4n) is 2.39. The average Bonchev–Trinajstić information content (AvgIpc) is 2.47. The van der Waals surface area contributed by atoms with E-state index in [1.54, 1.807) is 7.05 Å². The van der Waals surface area contributed by atoms with Gasteiger partial charge in [-0.25, -0.2) is 0 Å². The van der Waals surface area contributed by atoms with Crippen LogP contribution in [0.5, 0.6) is 11.5 Å². The van der Waals surface area contributed by atoms with Crippen molar-refractivity contribution in [2.45, 2.75) is 12.8 Å². The molecule has 0 saturated heterocycles. The molecule has 2 aromatic carbocycles. The van der Waals surface area contributed by atoms with Crippen LogP contribution in [0.25, 0.3) is 6.08 Å². The highest BCUT2D eigenvalue weighted by atomic mass is 16.5. The van der Waals surface area contributed by atoms with E-state index in [-0.39, 0.29) is 0 Å². The van der Waals surface area contributed by atoms with E-state index in [1.165, 1.54) is 10.6 Å². The van der Waals surface area contributed by atoms with Crippen molar-refractivity contribution in [3.05, 3.63) is 65.4 Å². The Bertz CT molecular complexity index is 633. The molecular formula is C17H17NO2. The van der Waals surface area contributed by atoms with Crippen LogP contribution in [0, 0.1) is 0 Å². The van der Waals surface area contributed by atoms with Gasteiger partial charge in [0.25, 0.3) is 0 Å². The molecule has 0 heterocycles. The number of hydrogen-bond acceptors (Lipinski definition) is 3. The minimum atomic E-state index is 0.813. The van der Waals surface area contributed by atoms with Crippen molar-refractivity contribution in [2.75, 3.05) is 7.05 Å². The van der Waals surface area contributed by atoms with Gasteiger partial charge in [0.05, 0.1) is 0 Å². The molecule has 0 fully saturated rings. The van der Waals surface area contributed by atoms with Gasteiger partial charge in [-0.15, -0.1) is 0 Å². The van der Waals surface area contributed by atoms with E-state index in [2.05, 4.69) is 6.07 Å². The number of allylic oxidation sites excluding steroid dienone is 1. The highest BCUT2D eigenvalue weighted by Gasteiger charge is 2.13. The molecule has 0 aromatic heterocycles. The number of hydrogen-bond donors (Lipinski definition) is 1. The van der Waals surface area contributed by atoms with E-state index < -0.39 is 0 Å². The lowest BCUT2D eigenvalue weighted by Crippen LogP contribution is -2.15. The van der Waals surface area contributed by atoms with Gasteiger partial charge in [0.1, 0.15) is 11.5 Å². The second-order valence-corrected chi connectivity index (χ2v) is 4.94. The summed E-state index contributed by atoms with van der Waals surface area (Å²) in [5, 5.41) is 10.7. The standard InChI is InChI=1S/C17H17NO2/c1-18(19)15-9-7-13-8-10-17(12-14(13)11-15)20-16-5-3-2-4-6-16/h2-6,8,10-12,19H,7,9H2,1H3. The van der Waals surface area contributed by atoms with Crippen LogP contribution in [-0.2, 0) is 6.42 Å². The third-order valence-corrected chi connectivity index (χ3v) is 3.48. The predicted octanol–water partition coefficient (Wildman–Crippen LogP) is 4.09. The highest BCUT2D eigenvalue weighted by Crippen LogP contribution is 2.30. The number of ether oxygens (including phenoxy) is 1. The summed E-state index contributed by atoms with van der Waals surface area (Å²) in [5.74, 6) is 1.64. The van der Waals surface area contributed by atoms with Gasteiger partial charge >= 0.3 is 0 Å². The van der Waals surface area contributed by atoms with Crippen LogP contribution < -0.4 is 4.74 Å². The molecule has 0 unspecified atom stereocenters. The van der Waals surface area contributed by atoms with Crippen LogP contribution in [0.2, 0.25) is 0 Å². The van der Waals surface area contributed by atoms with Crippen molar-refractivity contribution >= 4 is 6.08 Å². The van der Waals surface area contributed by atoms with Gasteiger partial charge in [0.15, 0.2) is 0 Å². The molecule has 0 aliphatic heterocycles. The summed E-state index contributed by atoms with van der Waals surface area (Å²) >= 11 is 0. The van der Waals surface area contributed by atoms with Gasteiger partial charge in [0, 0.05) is 12.7 Å². The number of rotatable bonds is 3. The summed E-state index contributed by atoms with van der Waals surface area (Å²) in [4.78, 5) is 0. The second kappa shape index (κ2) is 5.39. The maximum absolute atomic E-state index is 9.54. The van der Waals surface area contributed by atoms with Crippen molar-refractivity contribution in [3.8, 4) is 11.5 Å². The molecule has 3 rings (SSSR count). The van der Waals surface area contributed by atoms with E-state index >= 15 is 0 Å². The average molecular weight is 267 g/mol. The molecule has 0 atom stereocenters. The summed E-state index contributed by atoms with van der Waals surface area (Å²) < 4.78 is 5.83. The number of para-hydroxylation sites is 1. The first-order valence-electron chi connectivity index (χ1n) is 6.71. The van der Waals surface area contributed by atoms with Gasteiger partial charge < -0.3 is 4.74 Å². The van der Waals surface area contributed by atoms with Crippen molar-refractivity contribution in [1.82, 2.24) is 5.06 Å². The zero-order chi connectivity index (χ0) is 13.9. The molecule has 3 heteroatoms. The Morgan fingerprint density at radius 1 is 1.00 bits per heavy atom. The van der Waals surface area contributed by atoms with Crippen LogP contribution in [0.4, 0.5) is 0 Å². The van der Waals surface area contributed by atoms with E-state index in [9.17, 15) is 5.21 Å². The summed E-state index contributed by atoms with van der Waals surface area (Å²) in [6, 6.07) is 15.8. The number of hydroxylamine groups is 2. The maximum atomic E-state index is 9.54. The molecule has 1 aliphatic rings. The number of aryl methyl sites for hydroxylation is 1. The molecule has 1 N–H and O–H groups in total. The lowest BCUT2D eigenvalue weighted by Gasteiger charge is -2.21.